The van der Waals surface area contributed by atoms with Crippen LogP contribution in [0.4, 0.5) is 10.1 Å². The number of anilines is 1. The zero-order chi connectivity index (χ0) is 19.0. The number of aromatic nitrogens is 1. The highest BCUT2D eigenvalue weighted by atomic mass is 19.1. The summed E-state index contributed by atoms with van der Waals surface area (Å²) in [4.78, 5) is 28.7. The number of carbonyl (C=O) groups excluding carboxylic acids is 2. The molecule has 2 aromatic rings. The molecule has 6 nitrogen and oxygen atoms in total. The van der Waals surface area contributed by atoms with Crippen LogP contribution in [-0.4, -0.2) is 36.2 Å². The number of esters is 1. The monoisotopic (exact) mass is 370 g/mol. The average Bonchev–Trinajstić information content (AvgIpc) is 3.31. The van der Waals surface area contributed by atoms with E-state index in [2.05, 4.69) is 15.0 Å². The summed E-state index contributed by atoms with van der Waals surface area (Å²) in [6.07, 6.45) is 4.85. The largest absolute Gasteiger partial charge is 0.465 e. The van der Waals surface area contributed by atoms with Gasteiger partial charge in [0, 0.05) is 18.3 Å². The zero-order valence-corrected chi connectivity index (χ0v) is 14.7. The highest BCUT2D eigenvalue weighted by Gasteiger charge is 2.52. The van der Waals surface area contributed by atoms with E-state index in [0.29, 0.717) is 0 Å². The summed E-state index contributed by atoms with van der Waals surface area (Å²) in [6.45, 7) is 0. The normalized spacial score (nSPS) is 26.0. The van der Waals surface area contributed by atoms with E-state index in [1.165, 1.54) is 19.2 Å². The minimum atomic E-state index is -0.611. The summed E-state index contributed by atoms with van der Waals surface area (Å²) in [5.41, 5.74) is 1.12. The zero-order valence-electron chi connectivity index (χ0n) is 14.7. The molecule has 7 heteroatoms. The van der Waals surface area contributed by atoms with Crippen molar-refractivity contribution in [3.05, 3.63) is 59.7 Å². The van der Waals surface area contributed by atoms with E-state index >= 15 is 0 Å². The van der Waals surface area contributed by atoms with Crippen molar-refractivity contribution in [2.75, 3.05) is 12.4 Å². The average molecular weight is 370 g/mol. The van der Waals surface area contributed by atoms with Crippen LogP contribution in [0, 0.1) is 11.7 Å². The van der Waals surface area contributed by atoms with Crippen LogP contribution in [0.25, 0.3) is 0 Å². The number of nitrogens with one attached hydrogen (secondary N) is 1. The van der Waals surface area contributed by atoms with E-state index in [1.807, 2.05) is 12.1 Å². The molecule has 2 bridgehead atoms. The summed E-state index contributed by atoms with van der Waals surface area (Å²) in [5.74, 6) is -2.04. The second-order valence-corrected chi connectivity index (χ2v) is 6.80. The van der Waals surface area contributed by atoms with Crippen LogP contribution in [-0.2, 0) is 14.3 Å². The fourth-order valence-corrected chi connectivity index (χ4v) is 4.10. The van der Waals surface area contributed by atoms with Crippen LogP contribution in [0.1, 0.15) is 34.7 Å². The predicted molar refractivity (Wildman–Crippen MR) is 94.7 cm³/mol. The number of nitrogens with zero attached hydrogens (tertiary/aromatic N) is 1. The standard InChI is InChI=1S/C20H19FN2O4/c1-26-20(25)12-2-3-13(21)14(10-12)23-19(24)18-16-5-4-15(27-16)17(18)11-6-8-22-9-7-11/h2-3,6-10,15-18H,4-5H2,1H3,(H,23,24)/t15-,16?,17+,18+/m0/s1. The Balaban J connectivity index is 1.60. The second kappa shape index (κ2) is 7.08. The van der Waals surface area contributed by atoms with Crippen LogP contribution in [0.3, 0.4) is 0 Å². The number of rotatable bonds is 4. The van der Waals surface area contributed by atoms with E-state index in [-0.39, 0.29) is 35.3 Å². The van der Waals surface area contributed by atoms with Gasteiger partial charge in [-0.05, 0) is 48.7 Å². The van der Waals surface area contributed by atoms with E-state index in [9.17, 15) is 14.0 Å². The third-order valence-corrected chi connectivity index (χ3v) is 5.31. The first kappa shape index (κ1) is 17.6. The molecule has 1 aromatic heterocycles. The van der Waals surface area contributed by atoms with Crippen LogP contribution < -0.4 is 5.32 Å². The Morgan fingerprint density at radius 1 is 1.19 bits per heavy atom. The van der Waals surface area contributed by atoms with Crippen molar-refractivity contribution in [3.63, 3.8) is 0 Å². The molecule has 4 rings (SSSR count). The topological polar surface area (TPSA) is 77.5 Å². The van der Waals surface area contributed by atoms with Gasteiger partial charge < -0.3 is 14.8 Å². The minimum absolute atomic E-state index is 0.0283. The molecule has 140 valence electrons. The van der Waals surface area contributed by atoms with E-state index < -0.39 is 17.7 Å². The van der Waals surface area contributed by atoms with Gasteiger partial charge in [-0.3, -0.25) is 9.78 Å². The van der Waals surface area contributed by atoms with Gasteiger partial charge in [0.25, 0.3) is 0 Å². The fourth-order valence-electron chi connectivity index (χ4n) is 4.10. The number of methoxy groups -OCH3 is 1. The number of hydrogen-bond donors (Lipinski definition) is 1. The van der Waals surface area contributed by atoms with Crippen molar-refractivity contribution >= 4 is 17.6 Å². The quantitative estimate of drug-likeness (QED) is 0.838. The van der Waals surface area contributed by atoms with Crippen molar-refractivity contribution in [2.45, 2.75) is 31.0 Å². The summed E-state index contributed by atoms with van der Waals surface area (Å²) in [7, 11) is 1.25. The van der Waals surface area contributed by atoms with Gasteiger partial charge in [-0.2, -0.15) is 0 Å². The molecular formula is C20H19FN2O4. The first-order chi connectivity index (χ1) is 13.1. The molecule has 2 aliphatic heterocycles. The van der Waals surface area contributed by atoms with Gasteiger partial charge in [0.1, 0.15) is 5.82 Å². The first-order valence-corrected chi connectivity index (χ1v) is 8.82. The number of halogens is 1. The maximum Gasteiger partial charge on any atom is 0.337 e. The number of fused-ring (bicyclic) bond motifs is 2. The maximum atomic E-state index is 14.2. The first-order valence-electron chi connectivity index (χ1n) is 8.82. The van der Waals surface area contributed by atoms with Gasteiger partial charge in [0.2, 0.25) is 5.91 Å². The Labute approximate surface area is 155 Å². The van der Waals surface area contributed by atoms with Gasteiger partial charge in [0.15, 0.2) is 0 Å². The molecule has 0 spiro atoms. The Kier molecular flexibility index (Phi) is 4.61. The smallest absolute Gasteiger partial charge is 0.337 e. The van der Waals surface area contributed by atoms with Gasteiger partial charge in [-0.25, -0.2) is 9.18 Å². The molecule has 0 aliphatic carbocycles. The number of carbonyl (C=O) groups is 2. The SMILES string of the molecule is COC(=O)c1ccc(F)c(NC(=O)[C@@H]2C3CC[C@H](O3)[C@H]2c2ccncc2)c1. The lowest BCUT2D eigenvalue weighted by molar-refractivity contribution is -0.121. The number of hydrogen-bond acceptors (Lipinski definition) is 5. The van der Waals surface area contributed by atoms with E-state index in [4.69, 9.17) is 4.74 Å². The lowest BCUT2D eigenvalue weighted by Gasteiger charge is -2.27. The lowest BCUT2D eigenvalue weighted by Crippen LogP contribution is -2.36. The molecule has 2 aliphatic rings. The predicted octanol–water partition coefficient (Wildman–Crippen LogP) is 2.91. The molecule has 1 unspecified atom stereocenters. The minimum Gasteiger partial charge on any atom is -0.465 e. The van der Waals surface area contributed by atoms with Crippen molar-refractivity contribution in [3.8, 4) is 0 Å². The maximum absolute atomic E-state index is 14.2. The third kappa shape index (κ3) is 3.19. The van der Waals surface area contributed by atoms with Crippen molar-refractivity contribution < 1.29 is 23.5 Å². The van der Waals surface area contributed by atoms with Gasteiger partial charge >= 0.3 is 5.97 Å². The van der Waals surface area contributed by atoms with Crippen LogP contribution in [0.2, 0.25) is 0 Å². The fraction of sp³-hybridized carbons (Fsp3) is 0.350. The molecule has 0 radical (unpaired) electrons. The Bertz CT molecular complexity index is 874. The highest BCUT2D eigenvalue weighted by molar-refractivity contribution is 5.96. The molecule has 4 atom stereocenters. The van der Waals surface area contributed by atoms with E-state index in [1.54, 1.807) is 12.4 Å². The van der Waals surface area contributed by atoms with E-state index in [0.717, 1.165) is 24.5 Å². The summed E-state index contributed by atoms with van der Waals surface area (Å²) < 4.78 is 24.8. The van der Waals surface area contributed by atoms with Crippen LogP contribution >= 0.6 is 0 Å². The number of ether oxygens (including phenoxy) is 2. The molecule has 2 saturated heterocycles. The van der Waals surface area contributed by atoms with Gasteiger partial charge in [-0.15, -0.1) is 0 Å². The molecule has 2 fully saturated rings. The Morgan fingerprint density at radius 2 is 1.93 bits per heavy atom. The summed E-state index contributed by atoms with van der Waals surface area (Å²) >= 11 is 0. The van der Waals surface area contributed by atoms with Crippen LogP contribution in [0.5, 0.6) is 0 Å². The Hall–Kier alpha value is -2.80. The molecule has 3 heterocycles. The summed E-state index contributed by atoms with van der Waals surface area (Å²) in [5, 5.41) is 2.64. The second-order valence-electron chi connectivity index (χ2n) is 6.80. The molecular weight excluding hydrogens is 351 g/mol. The Morgan fingerprint density at radius 3 is 2.67 bits per heavy atom. The highest BCUT2D eigenvalue weighted by Crippen LogP contribution is 2.49. The van der Waals surface area contributed by atoms with Crippen molar-refractivity contribution in [2.24, 2.45) is 5.92 Å². The van der Waals surface area contributed by atoms with Gasteiger partial charge in [0.05, 0.1) is 36.5 Å². The lowest BCUT2D eigenvalue weighted by atomic mass is 9.75. The molecule has 1 N–H and O–H groups in total. The molecule has 0 saturated carbocycles. The third-order valence-electron chi connectivity index (χ3n) is 5.31. The molecule has 27 heavy (non-hydrogen) atoms. The van der Waals surface area contributed by atoms with Crippen molar-refractivity contribution in [1.29, 1.82) is 0 Å². The number of pyridine rings is 1. The van der Waals surface area contributed by atoms with Crippen molar-refractivity contribution in [1.82, 2.24) is 4.98 Å². The summed E-state index contributed by atoms with van der Waals surface area (Å²) in [6, 6.07) is 7.51. The van der Waals surface area contributed by atoms with Gasteiger partial charge in [-0.1, -0.05) is 0 Å². The molecule has 1 amide bonds. The molecule has 1 aromatic carbocycles. The van der Waals surface area contributed by atoms with Crippen LogP contribution in [0.15, 0.2) is 42.7 Å². The number of amides is 1. The number of benzene rings is 1.